The number of fused-ring (bicyclic) bond motifs is 3. The van der Waals surface area contributed by atoms with E-state index < -0.39 is 0 Å². The van der Waals surface area contributed by atoms with Crippen LogP contribution >= 0.6 is 11.3 Å². The van der Waals surface area contributed by atoms with Crippen LogP contribution in [0.1, 0.15) is 30.3 Å². The second-order valence-corrected chi connectivity index (χ2v) is 8.43. The summed E-state index contributed by atoms with van der Waals surface area (Å²) in [7, 11) is 1.55. The number of nitrogens with zero attached hydrogens (tertiary/aromatic N) is 3. The quantitative estimate of drug-likeness (QED) is 0.826. The molecule has 5 rings (SSSR count). The Bertz CT molecular complexity index is 795. The van der Waals surface area contributed by atoms with Crippen molar-refractivity contribution in [3.8, 4) is 10.6 Å². The Balaban J connectivity index is 1.47. The topological polar surface area (TPSA) is 67.3 Å². The molecule has 0 spiro atoms. The number of rotatable bonds is 6. The first kappa shape index (κ1) is 18.5. The molecule has 6 nitrogen and oxygen atoms in total. The molecular weight excluding hydrogens is 360 g/mol. The third kappa shape index (κ3) is 4.05. The van der Waals surface area contributed by atoms with E-state index in [1.165, 1.54) is 17.0 Å². The van der Waals surface area contributed by atoms with E-state index in [-0.39, 0.29) is 12.5 Å². The molecule has 0 aliphatic carbocycles. The smallest absolute Gasteiger partial charge is 0.246 e. The highest BCUT2D eigenvalue weighted by Crippen LogP contribution is 2.41. The Kier molecular flexibility index (Phi) is 5.52. The molecular formula is C20H26N4O2S. The summed E-state index contributed by atoms with van der Waals surface area (Å²) < 4.78 is 4.89. The van der Waals surface area contributed by atoms with E-state index >= 15 is 0 Å². The number of methoxy groups -OCH3 is 1. The Morgan fingerprint density at radius 3 is 3.04 bits per heavy atom. The number of aromatic nitrogens is 2. The van der Waals surface area contributed by atoms with E-state index in [2.05, 4.69) is 38.8 Å². The average Bonchev–Trinajstić information content (AvgIpc) is 3.21. The van der Waals surface area contributed by atoms with Crippen LogP contribution in [0.15, 0.2) is 23.6 Å². The molecule has 2 aromatic heterocycles. The minimum atomic E-state index is -0.0382. The molecule has 3 aliphatic rings. The van der Waals surface area contributed by atoms with Crippen LogP contribution in [0.3, 0.4) is 0 Å². The van der Waals surface area contributed by atoms with Crippen molar-refractivity contribution in [2.24, 2.45) is 5.92 Å². The molecule has 1 unspecified atom stereocenters. The van der Waals surface area contributed by atoms with E-state index in [0.717, 1.165) is 31.0 Å². The lowest BCUT2D eigenvalue weighted by Crippen LogP contribution is -2.56. The predicted molar refractivity (Wildman–Crippen MR) is 106 cm³/mol. The number of amides is 1. The number of nitrogens with one attached hydrogen (secondary N) is 1. The van der Waals surface area contributed by atoms with E-state index in [0.29, 0.717) is 24.4 Å². The van der Waals surface area contributed by atoms with Gasteiger partial charge in [-0.1, -0.05) is 6.07 Å². The fraction of sp³-hybridized carbons (Fsp3) is 0.550. The minimum Gasteiger partial charge on any atom is -0.375 e. The van der Waals surface area contributed by atoms with E-state index in [1.54, 1.807) is 18.4 Å². The third-order valence-electron chi connectivity index (χ3n) is 5.70. The van der Waals surface area contributed by atoms with Gasteiger partial charge < -0.3 is 10.1 Å². The molecule has 5 heterocycles. The molecule has 1 amide bonds. The second kappa shape index (κ2) is 8.04. The number of ether oxygens (including phenoxy) is 1. The number of carbonyl (C=O) groups excluding carboxylic acids is 1. The van der Waals surface area contributed by atoms with Gasteiger partial charge >= 0.3 is 0 Å². The summed E-state index contributed by atoms with van der Waals surface area (Å²) >= 11 is 1.72. The van der Waals surface area contributed by atoms with Crippen molar-refractivity contribution in [2.45, 2.75) is 31.7 Å². The first-order chi connectivity index (χ1) is 13.1. The van der Waals surface area contributed by atoms with Gasteiger partial charge in [0.05, 0.1) is 10.6 Å². The summed E-state index contributed by atoms with van der Waals surface area (Å²) in [6.07, 6.45) is 2.31. The monoisotopic (exact) mass is 386 g/mol. The molecule has 3 aliphatic heterocycles. The molecule has 7 heteroatoms. The van der Waals surface area contributed by atoms with Gasteiger partial charge in [0.25, 0.3) is 0 Å². The molecule has 0 saturated carbocycles. The number of aryl methyl sites for hydroxylation is 1. The van der Waals surface area contributed by atoms with Crippen LogP contribution in [-0.4, -0.2) is 60.2 Å². The van der Waals surface area contributed by atoms with Crippen LogP contribution in [0.4, 0.5) is 0 Å². The van der Waals surface area contributed by atoms with Gasteiger partial charge in [-0.15, -0.1) is 11.3 Å². The van der Waals surface area contributed by atoms with Crippen LogP contribution in [0, 0.1) is 12.8 Å². The van der Waals surface area contributed by atoms with Gasteiger partial charge in [-0.2, -0.15) is 0 Å². The summed E-state index contributed by atoms with van der Waals surface area (Å²) in [4.78, 5) is 24.8. The van der Waals surface area contributed by atoms with Crippen molar-refractivity contribution in [1.82, 2.24) is 20.2 Å². The van der Waals surface area contributed by atoms with Crippen molar-refractivity contribution in [1.29, 1.82) is 0 Å². The normalized spacial score (nSPS) is 26.9. The summed E-state index contributed by atoms with van der Waals surface area (Å²) in [5.74, 6) is 1.87. The van der Waals surface area contributed by atoms with E-state index in [9.17, 15) is 4.79 Å². The fourth-order valence-corrected chi connectivity index (χ4v) is 5.12. The van der Waals surface area contributed by atoms with Crippen molar-refractivity contribution >= 4 is 17.2 Å². The van der Waals surface area contributed by atoms with Crippen molar-refractivity contribution < 1.29 is 9.53 Å². The highest BCUT2D eigenvalue weighted by molar-refractivity contribution is 7.13. The molecule has 4 atom stereocenters. The highest BCUT2D eigenvalue weighted by Gasteiger charge is 2.41. The third-order valence-corrected chi connectivity index (χ3v) is 6.59. The van der Waals surface area contributed by atoms with Gasteiger partial charge in [0, 0.05) is 37.9 Å². The fourth-order valence-electron chi connectivity index (χ4n) is 4.43. The molecule has 0 aromatic carbocycles. The van der Waals surface area contributed by atoms with Crippen LogP contribution in [-0.2, 0) is 9.53 Å². The van der Waals surface area contributed by atoms with Crippen molar-refractivity contribution in [2.75, 3.05) is 33.4 Å². The van der Waals surface area contributed by atoms with Crippen LogP contribution in [0.25, 0.3) is 10.6 Å². The highest BCUT2D eigenvalue weighted by atomic mass is 32.1. The van der Waals surface area contributed by atoms with E-state index in [4.69, 9.17) is 9.72 Å². The molecule has 2 aromatic rings. The standard InChI is InChI=1S/C20H26N4O2S/c1-13-22-17(9-18(23-13)19-4-3-7-27-19)16-11-24-6-5-14(16)8-15(24)10-21-20(25)12-26-2/h3-4,7,9,14-16H,5-6,8,10-12H2,1-2H3,(H,21,25)/t14-,15+,16-/m0/s1. The van der Waals surface area contributed by atoms with Gasteiger partial charge in [-0.3, -0.25) is 9.69 Å². The Hall–Kier alpha value is -1.83. The zero-order valence-electron chi connectivity index (χ0n) is 15.9. The minimum absolute atomic E-state index is 0.0382. The van der Waals surface area contributed by atoms with Crippen LogP contribution in [0.2, 0.25) is 0 Å². The first-order valence-electron chi connectivity index (χ1n) is 9.53. The molecule has 1 N–H and O–H groups in total. The number of carbonyl (C=O) groups is 1. The maximum atomic E-state index is 11.7. The van der Waals surface area contributed by atoms with Crippen LogP contribution in [0.5, 0.6) is 0 Å². The largest absolute Gasteiger partial charge is 0.375 e. The van der Waals surface area contributed by atoms with Gasteiger partial charge in [0.15, 0.2) is 0 Å². The summed E-state index contributed by atoms with van der Waals surface area (Å²) in [6.45, 7) is 4.93. The number of hydrogen-bond acceptors (Lipinski definition) is 6. The molecule has 27 heavy (non-hydrogen) atoms. The lowest BCUT2D eigenvalue weighted by molar-refractivity contribution is -0.125. The van der Waals surface area contributed by atoms with E-state index in [1.807, 2.05) is 6.92 Å². The second-order valence-electron chi connectivity index (χ2n) is 7.48. The first-order valence-corrected chi connectivity index (χ1v) is 10.4. The van der Waals surface area contributed by atoms with Gasteiger partial charge in [-0.05, 0) is 49.7 Å². The number of piperidine rings is 3. The molecule has 3 saturated heterocycles. The van der Waals surface area contributed by atoms with Gasteiger partial charge in [0.2, 0.25) is 5.91 Å². The maximum Gasteiger partial charge on any atom is 0.246 e. The lowest BCUT2D eigenvalue weighted by Gasteiger charge is -2.49. The summed E-state index contributed by atoms with van der Waals surface area (Å²) in [6, 6.07) is 6.78. The number of thiophene rings is 1. The number of hydrogen-bond donors (Lipinski definition) is 1. The maximum absolute atomic E-state index is 11.7. The van der Waals surface area contributed by atoms with Crippen molar-refractivity contribution in [3.63, 3.8) is 0 Å². The Morgan fingerprint density at radius 2 is 2.33 bits per heavy atom. The lowest BCUT2D eigenvalue weighted by atomic mass is 9.74. The average molecular weight is 387 g/mol. The van der Waals surface area contributed by atoms with Gasteiger partial charge in [-0.25, -0.2) is 9.97 Å². The van der Waals surface area contributed by atoms with Crippen LogP contribution < -0.4 is 5.32 Å². The predicted octanol–water partition coefficient (Wildman–Crippen LogP) is 2.45. The van der Waals surface area contributed by atoms with Gasteiger partial charge in [0.1, 0.15) is 12.4 Å². The SMILES string of the molecule is COCC(=O)NC[C@H]1C[C@@H]2CCN1C[C@@H]2c1cc(-c2cccs2)nc(C)n1. The Labute approximate surface area is 164 Å². The molecule has 3 fully saturated rings. The Morgan fingerprint density at radius 1 is 1.44 bits per heavy atom. The molecule has 2 bridgehead atoms. The summed E-state index contributed by atoms with van der Waals surface area (Å²) in [5, 5.41) is 5.09. The molecule has 0 radical (unpaired) electrons. The zero-order valence-corrected chi connectivity index (χ0v) is 16.7. The van der Waals surface area contributed by atoms with Crippen molar-refractivity contribution in [3.05, 3.63) is 35.1 Å². The zero-order chi connectivity index (χ0) is 18.8. The summed E-state index contributed by atoms with van der Waals surface area (Å²) in [5.41, 5.74) is 2.20. The molecule has 144 valence electrons.